The van der Waals surface area contributed by atoms with Crippen LogP contribution in [-0.4, -0.2) is 28.5 Å². The van der Waals surface area contributed by atoms with Gasteiger partial charge in [-0.2, -0.15) is 0 Å². The summed E-state index contributed by atoms with van der Waals surface area (Å²) in [5.41, 5.74) is 0. The lowest BCUT2D eigenvalue weighted by Crippen LogP contribution is -2.17. The van der Waals surface area contributed by atoms with Crippen LogP contribution in [0.2, 0.25) is 0 Å². The van der Waals surface area contributed by atoms with Crippen molar-refractivity contribution in [1.82, 2.24) is 0 Å². The maximum atomic E-state index is 9.32. The number of hydrogen-bond donors (Lipinski definition) is 2. The van der Waals surface area contributed by atoms with Crippen molar-refractivity contribution in [3.05, 3.63) is 30.3 Å². The van der Waals surface area contributed by atoms with Gasteiger partial charge < -0.3 is 14.9 Å². The van der Waals surface area contributed by atoms with Crippen molar-refractivity contribution >= 4 is 0 Å². The molecule has 0 aliphatic heterocycles. The molecule has 0 heterocycles. The first-order valence-electron chi connectivity index (χ1n) is 4.83. The van der Waals surface area contributed by atoms with E-state index < -0.39 is 12.2 Å². The highest BCUT2D eigenvalue weighted by Crippen LogP contribution is 2.24. The molecule has 1 fully saturated rings. The minimum Gasteiger partial charge on any atom is -0.490 e. The second-order valence-electron chi connectivity index (χ2n) is 3.66. The molecule has 0 radical (unpaired) electrons. The van der Waals surface area contributed by atoms with Crippen LogP contribution in [0.5, 0.6) is 5.75 Å². The molecule has 1 aromatic rings. The Balaban J connectivity index is 1.94. The molecular formula is C11H14O3. The Morgan fingerprint density at radius 1 is 1.00 bits per heavy atom. The van der Waals surface area contributed by atoms with Crippen molar-refractivity contribution in [1.29, 1.82) is 0 Å². The number of para-hydroxylation sites is 1. The first-order chi connectivity index (χ1) is 6.75. The fourth-order valence-corrected chi connectivity index (χ4v) is 1.74. The van der Waals surface area contributed by atoms with E-state index in [4.69, 9.17) is 4.74 Å². The molecule has 0 aromatic heterocycles. The van der Waals surface area contributed by atoms with E-state index in [1.165, 1.54) is 0 Å². The summed E-state index contributed by atoms with van der Waals surface area (Å²) in [6.07, 6.45) is -0.318. The van der Waals surface area contributed by atoms with Crippen LogP contribution in [0.15, 0.2) is 30.3 Å². The number of aliphatic hydroxyl groups is 2. The lowest BCUT2D eigenvalue weighted by Gasteiger charge is -2.12. The number of aliphatic hydroxyl groups excluding tert-OH is 2. The van der Waals surface area contributed by atoms with Crippen molar-refractivity contribution in [3.63, 3.8) is 0 Å². The van der Waals surface area contributed by atoms with E-state index in [1.54, 1.807) is 0 Å². The van der Waals surface area contributed by atoms with E-state index >= 15 is 0 Å². The van der Waals surface area contributed by atoms with Crippen molar-refractivity contribution in [3.8, 4) is 5.75 Å². The molecule has 3 heteroatoms. The summed E-state index contributed by atoms with van der Waals surface area (Å²) in [6, 6.07) is 9.47. The maximum Gasteiger partial charge on any atom is 0.119 e. The Labute approximate surface area is 83.0 Å². The van der Waals surface area contributed by atoms with Gasteiger partial charge >= 0.3 is 0 Å². The van der Waals surface area contributed by atoms with Gasteiger partial charge in [0, 0.05) is 12.8 Å². The van der Waals surface area contributed by atoms with Crippen molar-refractivity contribution in [2.24, 2.45) is 0 Å². The standard InChI is InChI=1S/C11H14O3/c12-10-6-9(7-11(10)13)14-8-4-2-1-3-5-8/h1-5,9-13H,6-7H2. The minimum absolute atomic E-state index is 0.0672. The average molecular weight is 194 g/mol. The van der Waals surface area contributed by atoms with E-state index in [2.05, 4.69) is 0 Å². The van der Waals surface area contributed by atoms with Crippen LogP contribution in [-0.2, 0) is 0 Å². The summed E-state index contributed by atoms with van der Waals surface area (Å²) >= 11 is 0. The van der Waals surface area contributed by atoms with Gasteiger partial charge in [0.2, 0.25) is 0 Å². The second-order valence-corrected chi connectivity index (χ2v) is 3.66. The monoisotopic (exact) mass is 194 g/mol. The van der Waals surface area contributed by atoms with Gasteiger partial charge in [0.15, 0.2) is 0 Å². The zero-order chi connectivity index (χ0) is 9.97. The molecule has 2 unspecified atom stereocenters. The fourth-order valence-electron chi connectivity index (χ4n) is 1.74. The lowest BCUT2D eigenvalue weighted by atomic mass is 10.3. The van der Waals surface area contributed by atoms with Gasteiger partial charge in [-0.3, -0.25) is 0 Å². The molecular weight excluding hydrogens is 180 g/mol. The molecule has 1 aliphatic carbocycles. The quantitative estimate of drug-likeness (QED) is 0.737. The number of hydrogen-bond acceptors (Lipinski definition) is 3. The zero-order valence-electron chi connectivity index (χ0n) is 7.84. The molecule has 0 saturated heterocycles. The zero-order valence-corrected chi connectivity index (χ0v) is 7.84. The molecule has 0 spiro atoms. The largest absolute Gasteiger partial charge is 0.490 e. The van der Waals surface area contributed by atoms with E-state index in [0.717, 1.165) is 5.75 Å². The molecule has 76 valence electrons. The molecule has 2 atom stereocenters. The van der Waals surface area contributed by atoms with Crippen LogP contribution >= 0.6 is 0 Å². The van der Waals surface area contributed by atoms with Crippen LogP contribution in [0.1, 0.15) is 12.8 Å². The van der Waals surface area contributed by atoms with E-state index in [0.29, 0.717) is 12.8 Å². The van der Waals surface area contributed by atoms with Crippen LogP contribution in [0.4, 0.5) is 0 Å². The van der Waals surface area contributed by atoms with Crippen LogP contribution < -0.4 is 4.74 Å². The SMILES string of the molecule is OC1CC(Oc2ccccc2)CC1O. The Hall–Kier alpha value is -1.06. The van der Waals surface area contributed by atoms with E-state index in [-0.39, 0.29) is 6.10 Å². The van der Waals surface area contributed by atoms with Gasteiger partial charge in [0.25, 0.3) is 0 Å². The Morgan fingerprint density at radius 2 is 1.57 bits per heavy atom. The molecule has 3 nitrogen and oxygen atoms in total. The molecule has 0 bridgehead atoms. The molecule has 2 rings (SSSR count). The Morgan fingerprint density at radius 3 is 2.14 bits per heavy atom. The maximum absolute atomic E-state index is 9.32. The summed E-state index contributed by atoms with van der Waals surface area (Å²) in [7, 11) is 0. The first-order valence-corrected chi connectivity index (χ1v) is 4.83. The Kier molecular flexibility index (Phi) is 2.70. The predicted molar refractivity (Wildman–Crippen MR) is 52.1 cm³/mol. The third-order valence-electron chi connectivity index (χ3n) is 2.50. The van der Waals surface area contributed by atoms with Gasteiger partial charge in [-0.25, -0.2) is 0 Å². The third-order valence-corrected chi connectivity index (χ3v) is 2.50. The second kappa shape index (κ2) is 3.98. The van der Waals surface area contributed by atoms with Gasteiger partial charge in [-0.1, -0.05) is 18.2 Å². The number of ether oxygens (including phenoxy) is 1. The highest BCUT2D eigenvalue weighted by atomic mass is 16.5. The van der Waals surface area contributed by atoms with Crippen molar-refractivity contribution in [2.75, 3.05) is 0 Å². The topological polar surface area (TPSA) is 49.7 Å². The normalized spacial score (nSPS) is 31.7. The van der Waals surface area contributed by atoms with E-state index in [1.807, 2.05) is 30.3 Å². The van der Waals surface area contributed by atoms with Gasteiger partial charge in [-0.15, -0.1) is 0 Å². The summed E-state index contributed by atoms with van der Waals surface area (Å²) in [5, 5.41) is 18.6. The number of rotatable bonds is 2. The van der Waals surface area contributed by atoms with Gasteiger partial charge in [-0.05, 0) is 12.1 Å². The van der Waals surface area contributed by atoms with Crippen LogP contribution in [0, 0.1) is 0 Å². The van der Waals surface area contributed by atoms with Crippen molar-refractivity contribution < 1.29 is 14.9 Å². The third kappa shape index (κ3) is 2.05. The molecule has 1 aromatic carbocycles. The molecule has 2 N–H and O–H groups in total. The summed E-state index contributed by atoms with van der Waals surface area (Å²) in [4.78, 5) is 0. The van der Waals surface area contributed by atoms with Crippen molar-refractivity contribution in [2.45, 2.75) is 31.2 Å². The molecule has 0 amide bonds. The Bertz CT molecular complexity index is 276. The smallest absolute Gasteiger partial charge is 0.119 e. The highest BCUT2D eigenvalue weighted by molar-refractivity contribution is 5.21. The first kappa shape index (κ1) is 9.49. The lowest BCUT2D eigenvalue weighted by molar-refractivity contribution is 0.0438. The van der Waals surface area contributed by atoms with Gasteiger partial charge in [0.1, 0.15) is 11.9 Å². The van der Waals surface area contributed by atoms with Gasteiger partial charge in [0.05, 0.1) is 12.2 Å². The molecule has 1 aliphatic rings. The van der Waals surface area contributed by atoms with Crippen LogP contribution in [0.25, 0.3) is 0 Å². The summed E-state index contributed by atoms with van der Waals surface area (Å²) < 4.78 is 5.60. The van der Waals surface area contributed by atoms with E-state index in [9.17, 15) is 10.2 Å². The minimum atomic E-state index is -0.635. The molecule has 14 heavy (non-hydrogen) atoms. The predicted octanol–water partition coefficient (Wildman–Crippen LogP) is 0.950. The molecule has 1 saturated carbocycles. The number of benzene rings is 1. The highest BCUT2D eigenvalue weighted by Gasteiger charge is 2.32. The fraction of sp³-hybridized carbons (Fsp3) is 0.455. The summed E-state index contributed by atoms with van der Waals surface area (Å²) in [5.74, 6) is 0.791. The summed E-state index contributed by atoms with van der Waals surface area (Å²) in [6.45, 7) is 0. The van der Waals surface area contributed by atoms with Crippen LogP contribution in [0.3, 0.4) is 0 Å². The average Bonchev–Trinajstić information content (AvgIpc) is 2.47.